The molecule has 1 unspecified atom stereocenters. The maximum absolute atomic E-state index is 11.8. The van der Waals surface area contributed by atoms with E-state index in [-0.39, 0.29) is 6.54 Å². The molecule has 98 valence electrons. The summed E-state index contributed by atoms with van der Waals surface area (Å²) in [6.07, 6.45) is 0.418. The van der Waals surface area contributed by atoms with Crippen LogP contribution >= 0.6 is 11.6 Å². The van der Waals surface area contributed by atoms with E-state index in [1.165, 1.54) is 4.90 Å². The van der Waals surface area contributed by atoms with Crippen LogP contribution in [0.3, 0.4) is 0 Å². The Morgan fingerprint density at radius 1 is 1.41 bits per heavy atom. The Morgan fingerprint density at radius 2 is 2.00 bits per heavy atom. The van der Waals surface area contributed by atoms with Crippen LogP contribution in [0.15, 0.2) is 0 Å². The first-order chi connectivity index (χ1) is 7.64. The summed E-state index contributed by atoms with van der Waals surface area (Å²) < 4.78 is 5.19. The lowest BCUT2D eigenvalue weighted by molar-refractivity contribution is -0.141. The fraction of sp³-hybridized carbons (Fsp3) is 0.818. The lowest BCUT2D eigenvalue weighted by Crippen LogP contribution is -2.52. The summed E-state index contributed by atoms with van der Waals surface area (Å²) in [6.45, 7) is 5.76. The second-order valence-corrected chi connectivity index (χ2v) is 6.00. The number of amides is 1. The first-order valence-electron chi connectivity index (χ1n) is 5.54. The van der Waals surface area contributed by atoms with Crippen molar-refractivity contribution in [2.45, 2.75) is 44.1 Å². The van der Waals surface area contributed by atoms with Crippen LogP contribution in [0.2, 0.25) is 0 Å². The van der Waals surface area contributed by atoms with Crippen molar-refractivity contribution in [1.29, 1.82) is 0 Å². The average molecular weight is 264 g/mol. The summed E-state index contributed by atoms with van der Waals surface area (Å²) in [4.78, 5) is 22.8. The highest BCUT2D eigenvalue weighted by atomic mass is 35.5. The highest BCUT2D eigenvalue weighted by molar-refractivity contribution is 6.34. The van der Waals surface area contributed by atoms with Crippen molar-refractivity contribution in [3.8, 4) is 0 Å². The normalized spacial score (nSPS) is 25.5. The van der Waals surface area contributed by atoms with Gasteiger partial charge in [0.25, 0.3) is 0 Å². The number of hydrogen-bond acceptors (Lipinski definition) is 3. The van der Waals surface area contributed by atoms with E-state index in [0.29, 0.717) is 19.4 Å². The van der Waals surface area contributed by atoms with Crippen molar-refractivity contribution in [2.75, 3.05) is 13.1 Å². The van der Waals surface area contributed by atoms with Gasteiger partial charge in [0.2, 0.25) is 0 Å². The van der Waals surface area contributed by atoms with Gasteiger partial charge in [0.05, 0.1) is 6.54 Å². The molecule has 1 aliphatic heterocycles. The van der Waals surface area contributed by atoms with Crippen LogP contribution in [0, 0.1) is 0 Å². The summed E-state index contributed by atoms with van der Waals surface area (Å²) in [7, 11) is 0. The van der Waals surface area contributed by atoms with Crippen molar-refractivity contribution >= 4 is 23.7 Å². The van der Waals surface area contributed by atoms with Crippen molar-refractivity contribution in [3.63, 3.8) is 0 Å². The van der Waals surface area contributed by atoms with E-state index >= 15 is 0 Å². The molecule has 0 aromatic carbocycles. The number of likely N-dealkylation sites (tertiary alicyclic amines) is 1. The number of aliphatic carboxylic acids is 1. The molecule has 0 saturated carbocycles. The van der Waals surface area contributed by atoms with E-state index in [4.69, 9.17) is 21.4 Å². The van der Waals surface area contributed by atoms with Crippen LogP contribution in [0.4, 0.5) is 4.79 Å². The Kier molecular flexibility index (Phi) is 3.91. The van der Waals surface area contributed by atoms with E-state index in [0.717, 1.165) is 0 Å². The molecule has 1 atom stereocenters. The molecule has 17 heavy (non-hydrogen) atoms. The molecule has 1 aliphatic rings. The van der Waals surface area contributed by atoms with Crippen LogP contribution in [-0.2, 0) is 9.53 Å². The first-order valence-corrected chi connectivity index (χ1v) is 5.92. The fourth-order valence-electron chi connectivity index (χ4n) is 1.67. The number of hydrogen-bond donors (Lipinski definition) is 1. The minimum Gasteiger partial charge on any atom is -0.480 e. The Morgan fingerprint density at radius 3 is 2.47 bits per heavy atom. The zero-order valence-electron chi connectivity index (χ0n) is 10.3. The largest absolute Gasteiger partial charge is 0.480 e. The molecule has 1 saturated heterocycles. The molecule has 1 fully saturated rings. The Bertz CT molecular complexity index is 326. The van der Waals surface area contributed by atoms with E-state index in [2.05, 4.69) is 0 Å². The van der Waals surface area contributed by atoms with Crippen LogP contribution in [0.5, 0.6) is 0 Å². The molecule has 5 nitrogen and oxygen atoms in total. The molecule has 0 spiro atoms. The Labute approximate surface area is 106 Å². The lowest BCUT2D eigenvalue weighted by Gasteiger charge is -2.36. The second kappa shape index (κ2) is 4.72. The quantitative estimate of drug-likeness (QED) is 0.736. The zero-order valence-corrected chi connectivity index (χ0v) is 11.1. The minimum absolute atomic E-state index is 0.0151. The fourth-order valence-corrected chi connectivity index (χ4v) is 1.95. The van der Waals surface area contributed by atoms with Crippen molar-refractivity contribution in [1.82, 2.24) is 4.90 Å². The number of rotatable bonds is 1. The van der Waals surface area contributed by atoms with Crippen LogP contribution in [-0.4, -0.2) is 45.6 Å². The highest BCUT2D eigenvalue weighted by Gasteiger charge is 2.42. The SMILES string of the molecule is CC(C)(C)OC(=O)N1CCCC(Cl)(C(=O)O)C1. The van der Waals surface area contributed by atoms with Gasteiger partial charge in [0.1, 0.15) is 5.60 Å². The Balaban J connectivity index is 2.67. The molecule has 6 heteroatoms. The molecule has 1 rings (SSSR count). The number of carboxylic acids is 1. The van der Waals surface area contributed by atoms with Gasteiger partial charge < -0.3 is 14.7 Å². The highest BCUT2D eigenvalue weighted by Crippen LogP contribution is 2.29. The van der Waals surface area contributed by atoms with Gasteiger partial charge in [-0.05, 0) is 33.6 Å². The molecule has 1 heterocycles. The first kappa shape index (κ1) is 14.1. The molecule has 0 radical (unpaired) electrons. The van der Waals surface area contributed by atoms with Gasteiger partial charge in [0, 0.05) is 6.54 Å². The van der Waals surface area contributed by atoms with Crippen LogP contribution in [0.1, 0.15) is 33.6 Å². The number of alkyl halides is 1. The zero-order chi connectivity index (χ0) is 13.3. The summed E-state index contributed by atoms with van der Waals surface area (Å²) in [6, 6.07) is 0. The number of ether oxygens (including phenoxy) is 1. The number of halogens is 1. The predicted octanol–water partition coefficient (Wildman–Crippen LogP) is 2.08. The van der Waals surface area contributed by atoms with Crippen molar-refractivity contribution < 1.29 is 19.4 Å². The molecule has 1 N–H and O–H groups in total. The maximum atomic E-state index is 11.8. The second-order valence-electron chi connectivity index (χ2n) is 5.28. The van der Waals surface area contributed by atoms with Gasteiger partial charge in [-0.3, -0.25) is 4.79 Å². The monoisotopic (exact) mass is 263 g/mol. The Hall–Kier alpha value is -0.970. The topological polar surface area (TPSA) is 66.8 Å². The van der Waals surface area contributed by atoms with Crippen LogP contribution < -0.4 is 0 Å². The molecule has 0 bridgehead atoms. The van der Waals surface area contributed by atoms with Crippen LogP contribution in [0.25, 0.3) is 0 Å². The third kappa shape index (κ3) is 3.77. The molecular weight excluding hydrogens is 246 g/mol. The van der Waals surface area contributed by atoms with Crippen molar-refractivity contribution in [2.24, 2.45) is 0 Å². The third-order valence-corrected chi connectivity index (χ3v) is 2.95. The summed E-state index contributed by atoms with van der Waals surface area (Å²) >= 11 is 5.97. The number of nitrogens with zero attached hydrogens (tertiary/aromatic N) is 1. The van der Waals surface area contributed by atoms with Gasteiger partial charge in [-0.25, -0.2) is 4.79 Å². The summed E-state index contributed by atoms with van der Waals surface area (Å²) in [5.74, 6) is -1.09. The van der Waals surface area contributed by atoms with Gasteiger partial charge in [0.15, 0.2) is 4.87 Å². The van der Waals surface area contributed by atoms with Crippen molar-refractivity contribution in [3.05, 3.63) is 0 Å². The minimum atomic E-state index is -1.38. The summed E-state index contributed by atoms with van der Waals surface area (Å²) in [5, 5.41) is 9.02. The number of carbonyl (C=O) groups is 2. The maximum Gasteiger partial charge on any atom is 0.410 e. The molecule has 0 aromatic rings. The number of carboxylic acid groups (broad SMARTS) is 1. The smallest absolute Gasteiger partial charge is 0.410 e. The van der Waals surface area contributed by atoms with Gasteiger partial charge in [-0.2, -0.15) is 0 Å². The molecule has 0 aliphatic carbocycles. The number of carbonyl (C=O) groups excluding carboxylic acids is 1. The van der Waals surface area contributed by atoms with Gasteiger partial charge in [-0.15, -0.1) is 11.6 Å². The summed E-state index contributed by atoms with van der Waals surface area (Å²) in [5.41, 5.74) is -0.591. The molecule has 1 amide bonds. The average Bonchev–Trinajstić information content (AvgIpc) is 2.15. The predicted molar refractivity (Wildman–Crippen MR) is 63.3 cm³/mol. The molecular formula is C11H18ClNO4. The standard InChI is InChI=1S/C11H18ClNO4/c1-10(2,3)17-9(16)13-6-4-5-11(12,7-13)8(14)15/h4-7H2,1-3H3,(H,14,15). The van der Waals surface area contributed by atoms with E-state index in [9.17, 15) is 9.59 Å². The van der Waals surface area contributed by atoms with E-state index in [1.807, 2.05) is 0 Å². The van der Waals surface area contributed by atoms with E-state index < -0.39 is 22.5 Å². The van der Waals surface area contributed by atoms with E-state index in [1.54, 1.807) is 20.8 Å². The number of piperidine rings is 1. The molecule has 0 aromatic heterocycles. The lowest BCUT2D eigenvalue weighted by atomic mass is 9.97. The van der Waals surface area contributed by atoms with Gasteiger partial charge in [-0.1, -0.05) is 0 Å². The van der Waals surface area contributed by atoms with Gasteiger partial charge >= 0.3 is 12.1 Å². The third-order valence-electron chi connectivity index (χ3n) is 2.48.